The zero-order valence-corrected chi connectivity index (χ0v) is 15.8. The third-order valence-corrected chi connectivity index (χ3v) is 5.95. The van der Waals surface area contributed by atoms with Gasteiger partial charge in [-0.3, -0.25) is 0 Å². The summed E-state index contributed by atoms with van der Waals surface area (Å²) in [5.74, 6) is 3.27. The molecule has 1 atom stereocenters. The second-order valence-corrected chi connectivity index (χ2v) is 7.90. The number of hydrogen-bond acceptors (Lipinski definition) is 6. The minimum Gasteiger partial charge on any atom is -0.494 e. The maximum Gasteiger partial charge on any atom is 0.223 e. The zero-order valence-electron chi connectivity index (χ0n) is 15.8. The molecule has 2 aromatic heterocycles. The number of para-hydroxylation sites is 1. The largest absolute Gasteiger partial charge is 0.494 e. The number of aromatic nitrogens is 4. The maximum atomic E-state index is 6.19. The van der Waals surface area contributed by atoms with Crippen LogP contribution >= 0.6 is 0 Å². The van der Waals surface area contributed by atoms with Gasteiger partial charge in [-0.25, -0.2) is 9.97 Å². The smallest absolute Gasteiger partial charge is 0.223 e. The Labute approximate surface area is 158 Å². The topological polar surface area (TPSA) is 81.6 Å². The van der Waals surface area contributed by atoms with E-state index in [2.05, 4.69) is 9.88 Å². The number of nitrogens with two attached hydrogens (primary N) is 1. The summed E-state index contributed by atoms with van der Waals surface area (Å²) in [5.41, 5.74) is 7.69. The molecule has 5 rings (SSSR count). The number of hydrogen-bond donors (Lipinski definition) is 1. The molecule has 0 bridgehead atoms. The molecular weight excluding hydrogens is 340 g/mol. The Morgan fingerprint density at radius 3 is 2.93 bits per heavy atom. The van der Waals surface area contributed by atoms with Crippen molar-refractivity contribution < 1.29 is 4.74 Å². The van der Waals surface area contributed by atoms with Gasteiger partial charge in [0.05, 0.1) is 7.11 Å². The van der Waals surface area contributed by atoms with Crippen molar-refractivity contribution in [1.82, 2.24) is 24.5 Å². The molecule has 3 heterocycles. The van der Waals surface area contributed by atoms with Gasteiger partial charge >= 0.3 is 0 Å². The number of piperidine rings is 1. The van der Waals surface area contributed by atoms with Crippen LogP contribution in [-0.2, 0) is 0 Å². The number of fused-ring (bicyclic) bond motifs is 3. The molecule has 2 N–H and O–H groups in total. The van der Waals surface area contributed by atoms with Gasteiger partial charge < -0.3 is 15.4 Å². The fraction of sp³-hybridized carbons (Fsp3) is 0.550. The highest BCUT2D eigenvalue weighted by atomic mass is 16.5. The van der Waals surface area contributed by atoms with Crippen LogP contribution in [0.3, 0.4) is 0 Å². The van der Waals surface area contributed by atoms with Gasteiger partial charge in [0.15, 0.2) is 11.5 Å². The summed E-state index contributed by atoms with van der Waals surface area (Å²) < 4.78 is 7.12. The van der Waals surface area contributed by atoms with Crippen molar-refractivity contribution in [2.45, 2.75) is 38.0 Å². The van der Waals surface area contributed by atoms with E-state index in [0.717, 1.165) is 41.3 Å². The Bertz CT molecular complexity index is 979. The Morgan fingerprint density at radius 1 is 1.22 bits per heavy atom. The van der Waals surface area contributed by atoms with Crippen LogP contribution in [0.15, 0.2) is 18.2 Å². The SMILES string of the molecule is COc1cccc2c1nc(N)n1nc(C3CCCN(CCC4CC4)C3)nc21. The Hall–Kier alpha value is -2.41. The van der Waals surface area contributed by atoms with Gasteiger partial charge in [0.2, 0.25) is 5.95 Å². The number of nitrogens with zero attached hydrogens (tertiary/aromatic N) is 5. The van der Waals surface area contributed by atoms with Crippen molar-refractivity contribution in [1.29, 1.82) is 0 Å². The van der Waals surface area contributed by atoms with E-state index in [4.69, 9.17) is 20.6 Å². The molecule has 0 radical (unpaired) electrons. The molecule has 1 unspecified atom stereocenters. The molecule has 1 saturated carbocycles. The summed E-state index contributed by atoms with van der Waals surface area (Å²) in [5, 5.41) is 5.65. The summed E-state index contributed by atoms with van der Waals surface area (Å²) in [4.78, 5) is 12.0. The van der Waals surface area contributed by atoms with E-state index in [1.165, 1.54) is 38.8 Å². The van der Waals surface area contributed by atoms with Crippen LogP contribution in [0.2, 0.25) is 0 Å². The highest BCUT2D eigenvalue weighted by Gasteiger charge is 2.28. The van der Waals surface area contributed by atoms with E-state index >= 15 is 0 Å². The van der Waals surface area contributed by atoms with Crippen molar-refractivity contribution >= 4 is 22.5 Å². The van der Waals surface area contributed by atoms with E-state index in [0.29, 0.717) is 17.6 Å². The van der Waals surface area contributed by atoms with Crippen molar-refractivity contribution in [3.05, 3.63) is 24.0 Å². The summed E-state index contributed by atoms with van der Waals surface area (Å²) in [6.45, 7) is 3.44. The van der Waals surface area contributed by atoms with Crippen molar-refractivity contribution in [2.24, 2.45) is 5.92 Å². The average molecular weight is 366 g/mol. The summed E-state index contributed by atoms with van der Waals surface area (Å²) in [7, 11) is 1.64. The van der Waals surface area contributed by atoms with Crippen LogP contribution in [0.1, 0.15) is 43.8 Å². The molecule has 7 heteroatoms. The fourth-order valence-corrected chi connectivity index (χ4v) is 4.22. The molecule has 142 valence electrons. The number of ether oxygens (including phenoxy) is 1. The number of anilines is 1. The van der Waals surface area contributed by atoms with Gasteiger partial charge in [-0.1, -0.05) is 18.9 Å². The average Bonchev–Trinajstić information content (AvgIpc) is 3.41. The third-order valence-electron chi connectivity index (χ3n) is 5.95. The van der Waals surface area contributed by atoms with E-state index in [1.807, 2.05) is 18.2 Å². The van der Waals surface area contributed by atoms with E-state index in [9.17, 15) is 0 Å². The van der Waals surface area contributed by atoms with Crippen molar-refractivity contribution in [3.8, 4) is 5.75 Å². The van der Waals surface area contributed by atoms with Gasteiger partial charge in [-0.2, -0.15) is 4.52 Å². The Balaban J connectivity index is 1.48. The second-order valence-electron chi connectivity index (χ2n) is 7.90. The first kappa shape index (κ1) is 16.7. The molecule has 0 spiro atoms. The second kappa shape index (κ2) is 6.64. The molecule has 1 saturated heterocycles. The summed E-state index contributed by atoms with van der Waals surface area (Å²) in [6, 6.07) is 5.84. The van der Waals surface area contributed by atoms with Gasteiger partial charge in [-0.05, 0) is 50.4 Å². The molecule has 2 fully saturated rings. The fourth-order valence-electron chi connectivity index (χ4n) is 4.22. The monoisotopic (exact) mass is 366 g/mol. The highest BCUT2D eigenvalue weighted by Crippen LogP contribution is 2.34. The predicted molar refractivity (Wildman–Crippen MR) is 105 cm³/mol. The van der Waals surface area contributed by atoms with Crippen LogP contribution < -0.4 is 10.5 Å². The highest BCUT2D eigenvalue weighted by molar-refractivity contribution is 5.95. The lowest BCUT2D eigenvalue weighted by molar-refractivity contribution is 0.199. The van der Waals surface area contributed by atoms with Gasteiger partial charge in [0, 0.05) is 17.8 Å². The quantitative estimate of drug-likeness (QED) is 0.748. The van der Waals surface area contributed by atoms with Gasteiger partial charge in [0.25, 0.3) is 0 Å². The Morgan fingerprint density at radius 2 is 2.11 bits per heavy atom. The molecule has 1 aliphatic heterocycles. The molecule has 7 nitrogen and oxygen atoms in total. The molecule has 27 heavy (non-hydrogen) atoms. The van der Waals surface area contributed by atoms with Crippen LogP contribution in [0.5, 0.6) is 5.75 Å². The minimum atomic E-state index is 0.349. The number of methoxy groups -OCH3 is 1. The van der Waals surface area contributed by atoms with Crippen molar-refractivity contribution in [2.75, 3.05) is 32.5 Å². The first-order valence-electron chi connectivity index (χ1n) is 9.94. The van der Waals surface area contributed by atoms with Crippen LogP contribution in [0, 0.1) is 5.92 Å². The lowest BCUT2D eigenvalue weighted by atomic mass is 9.97. The molecule has 3 aromatic rings. The predicted octanol–water partition coefficient (Wildman–Crippen LogP) is 2.85. The van der Waals surface area contributed by atoms with E-state index < -0.39 is 0 Å². The van der Waals surface area contributed by atoms with E-state index in [1.54, 1.807) is 11.6 Å². The molecular formula is C20H26N6O. The first-order valence-corrected chi connectivity index (χ1v) is 9.94. The minimum absolute atomic E-state index is 0.349. The first-order chi connectivity index (χ1) is 13.2. The van der Waals surface area contributed by atoms with Crippen LogP contribution in [-0.4, -0.2) is 51.2 Å². The van der Waals surface area contributed by atoms with Crippen LogP contribution in [0.4, 0.5) is 5.95 Å². The maximum absolute atomic E-state index is 6.19. The molecule has 1 aliphatic carbocycles. The lowest BCUT2D eigenvalue weighted by Gasteiger charge is -2.31. The number of likely N-dealkylation sites (tertiary alicyclic amines) is 1. The number of rotatable bonds is 5. The molecule has 1 aromatic carbocycles. The molecule has 2 aliphatic rings. The third kappa shape index (κ3) is 3.10. The van der Waals surface area contributed by atoms with Crippen molar-refractivity contribution in [3.63, 3.8) is 0 Å². The standard InChI is InChI=1S/C20H26N6O/c1-27-16-6-2-5-15-17(16)22-20(21)26-19(15)23-18(24-26)14-4-3-10-25(12-14)11-9-13-7-8-13/h2,5-6,13-14H,3-4,7-12H2,1H3,(H2,21,22). The zero-order chi connectivity index (χ0) is 18.4. The summed E-state index contributed by atoms with van der Waals surface area (Å²) in [6.07, 6.45) is 6.52. The van der Waals surface area contributed by atoms with Crippen LogP contribution in [0.25, 0.3) is 16.6 Å². The summed E-state index contributed by atoms with van der Waals surface area (Å²) >= 11 is 0. The number of nitrogen functional groups attached to an aromatic ring is 1. The number of benzene rings is 1. The normalized spacial score (nSPS) is 21.1. The Kier molecular flexibility index (Phi) is 4.11. The van der Waals surface area contributed by atoms with Gasteiger partial charge in [0.1, 0.15) is 11.3 Å². The lowest BCUT2D eigenvalue weighted by Crippen LogP contribution is -2.35. The van der Waals surface area contributed by atoms with Gasteiger partial charge in [-0.15, -0.1) is 5.10 Å². The van der Waals surface area contributed by atoms with E-state index in [-0.39, 0.29) is 0 Å². The molecule has 0 amide bonds.